The molecule has 0 spiro atoms. The van der Waals surface area contributed by atoms with Crippen LogP contribution < -0.4 is 15.4 Å². The third-order valence-corrected chi connectivity index (χ3v) is 6.77. The zero-order valence-electron chi connectivity index (χ0n) is 19.9. The van der Waals surface area contributed by atoms with Crippen LogP contribution in [0.4, 0.5) is 4.79 Å². The van der Waals surface area contributed by atoms with Crippen molar-refractivity contribution in [2.45, 2.75) is 77.7 Å². The number of benzene rings is 2. The van der Waals surface area contributed by atoms with Crippen LogP contribution in [0.2, 0.25) is 0 Å². The molecule has 0 aliphatic heterocycles. The Bertz CT molecular complexity index is 920. The van der Waals surface area contributed by atoms with Gasteiger partial charge in [-0.3, -0.25) is 0 Å². The van der Waals surface area contributed by atoms with Crippen molar-refractivity contribution >= 4 is 22.0 Å². The maximum atomic E-state index is 12.4. The summed E-state index contributed by atoms with van der Waals surface area (Å²) in [6.45, 7) is 9.82. The summed E-state index contributed by atoms with van der Waals surface area (Å²) < 4.78 is 6.86. The zero-order chi connectivity index (χ0) is 23.1. The van der Waals surface area contributed by atoms with Crippen molar-refractivity contribution in [3.8, 4) is 5.75 Å². The summed E-state index contributed by atoms with van der Waals surface area (Å²) in [5.74, 6) is 0.834. The standard InChI is InChI=1S/C27H37BrN2O2/c1-5-24(21-12-11-19-9-6-7-10-20(19)17-21)30-26(31)29-15-8-16-32-25-14-13-22(18-23(25)28)27(2,3)4/h11-14,17-18,24H,5-10,15-16H2,1-4H3,(H2,29,30,31). The van der Waals surface area contributed by atoms with Gasteiger partial charge in [-0.1, -0.05) is 52.0 Å². The van der Waals surface area contributed by atoms with Crippen molar-refractivity contribution in [1.29, 1.82) is 0 Å². The molecular weight excluding hydrogens is 464 g/mol. The minimum absolute atomic E-state index is 0.0377. The third-order valence-electron chi connectivity index (χ3n) is 6.15. The van der Waals surface area contributed by atoms with Gasteiger partial charge in [-0.2, -0.15) is 0 Å². The van der Waals surface area contributed by atoms with Crippen molar-refractivity contribution in [2.24, 2.45) is 0 Å². The summed E-state index contributed by atoms with van der Waals surface area (Å²) in [6, 6.07) is 12.9. The first-order valence-electron chi connectivity index (χ1n) is 11.9. The SMILES string of the molecule is CCC(NC(=O)NCCCOc1ccc(C(C)(C)C)cc1Br)c1ccc2c(c1)CCCC2. The highest BCUT2D eigenvalue weighted by molar-refractivity contribution is 9.10. The Hall–Kier alpha value is -2.01. The number of halogens is 1. The second-order valence-electron chi connectivity index (χ2n) is 9.69. The molecule has 32 heavy (non-hydrogen) atoms. The van der Waals surface area contributed by atoms with Crippen LogP contribution in [-0.2, 0) is 18.3 Å². The Balaban J connectivity index is 1.42. The fraction of sp³-hybridized carbons (Fsp3) is 0.519. The lowest BCUT2D eigenvalue weighted by molar-refractivity contribution is 0.235. The van der Waals surface area contributed by atoms with E-state index in [0.717, 1.165) is 29.5 Å². The molecule has 0 radical (unpaired) electrons. The monoisotopic (exact) mass is 500 g/mol. The van der Waals surface area contributed by atoms with Crippen molar-refractivity contribution in [2.75, 3.05) is 13.2 Å². The van der Waals surface area contributed by atoms with E-state index in [1.165, 1.54) is 41.5 Å². The molecule has 2 aromatic carbocycles. The second kappa shape index (κ2) is 11.2. The van der Waals surface area contributed by atoms with Crippen molar-refractivity contribution in [1.82, 2.24) is 10.6 Å². The molecule has 2 aromatic rings. The first kappa shape index (κ1) is 24.6. The molecule has 0 saturated carbocycles. The number of carbonyl (C=O) groups is 1. The number of fused-ring (bicyclic) bond motifs is 1. The second-order valence-corrected chi connectivity index (χ2v) is 10.5. The Labute approximate surface area is 201 Å². The lowest BCUT2D eigenvalue weighted by Crippen LogP contribution is -2.38. The molecule has 2 amide bonds. The van der Waals surface area contributed by atoms with Gasteiger partial charge in [0, 0.05) is 6.54 Å². The molecule has 174 valence electrons. The number of aryl methyl sites for hydroxylation is 2. The van der Waals surface area contributed by atoms with Gasteiger partial charge in [-0.05, 0) is 94.3 Å². The largest absolute Gasteiger partial charge is 0.492 e. The Morgan fingerprint density at radius 2 is 1.84 bits per heavy atom. The summed E-state index contributed by atoms with van der Waals surface area (Å²) in [4.78, 5) is 12.4. The highest BCUT2D eigenvalue weighted by atomic mass is 79.9. The van der Waals surface area contributed by atoms with Crippen LogP contribution in [-0.4, -0.2) is 19.2 Å². The topological polar surface area (TPSA) is 50.4 Å². The summed E-state index contributed by atoms with van der Waals surface area (Å²) in [6.07, 6.45) is 6.50. The van der Waals surface area contributed by atoms with Gasteiger partial charge in [-0.25, -0.2) is 4.79 Å². The predicted molar refractivity (Wildman–Crippen MR) is 136 cm³/mol. The minimum Gasteiger partial charge on any atom is -0.492 e. The van der Waals surface area contributed by atoms with Gasteiger partial charge in [0.1, 0.15) is 5.75 Å². The van der Waals surface area contributed by atoms with Crippen LogP contribution in [0.1, 0.15) is 81.7 Å². The summed E-state index contributed by atoms with van der Waals surface area (Å²) in [7, 11) is 0. The van der Waals surface area contributed by atoms with E-state index >= 15 is 0 Å². The molecule has 0 fully saturated rings. The van der Waals surface area contributed by atoms with E-state index in [0.29, 0.717) is 13.2 Å². The third kappa shape index (κ3) is 6.74. The van der Waals surface area contributed by atoms with Gasteiger partial charge >= 0.3 is 6.03 Å². The van der Waals surface area contributed by atoms with E-state index in [2.05, 4.69) is 84.6 Å². The normalized spacial score (nSPS) is 14.4. The molecule has 0 heterocycles. The number of hydrogen-bond donors (Lipinski definition) is 2. The van der Waals surface area contributed by atoms with E-state index in [-0.39, 0.29) is 17.5 Å². The van der Waals surface area contributed by atoms with E-state index in [1.807, 2.05) is 6.07 Å². The molecule has 4 nitrogen and oxygen atoms in total. The molecule has 2 N–H and O–H groups in total. The smallest absolute Gasteiger partial charge is 0.315 e. The number of urea groups is 1. The number of nitrogens with one attached hydrogen (secondary N) is 2. The van der Waals surface area contributed by atoms with Crippen LogP contribution in [0.15, 0.2) is 40.9 Å². The quantitative estimate of drug-likeness (QED) is 0.389. The minimum atomic E-state index is -0.120. The van der Waals surface area contributed by atoms with Crippen molar-refractivity contribution in [3.63, 3.8) is 0 Å². The summed E-state index contributed by atoms with van der Waals surface area (Å²) in [5, 5.41) is 6.10. The van der Waals surface area contributed by atoms with Crippen LogP contribution in [0.25, 0.3) is 0 Å². The number of amides is 2. The molecule has 1 atom stereocenters. The molecule has 1 aliphatic rings. The Kier molecular flexibility index (Phi) is 8.64. The molecule has 1 aliphatic carbocycles. The van der Waals surface area contributed by atoms with E-state index in [4.69, 9.17) is 4.74 Å². The molecule has 0 saturated heterocycles. The highest BCUT2D eigenvalue weighted by Gasteiger charge is 2.17. The van der Waals surface area contributed by atoms with Gasteiger partial charge in [0.15, 0.2) is 0 Å². The van der Waals surface area contributed by atoms with Gasteiger partial charge in [0.2, 0.25) is 0 Å². The van der Waals surface area contributed by atoms with E-state index in [9.17, 15) is 4.79 Å². The van der Waals surface area contributed by atoms with E-state index in [1.54, 1.807) is 0 Å². The Morgan fingerprint density at radius 3 is 2.53 bits per heavy atom. The summed E-state index contributed by atoms with van der Waals surface area (Å²) in [5.41, 5.74) is 5.50. The zero-order valence-corrected chi connectivity index (χ0v) is 21.5. The molecule has 0 aromatic heterocycles. The lowest BCUT2D eigenvalue weighted by atomic mass is 9.87. The maximum absolute atomic E-state index is 12.4. The number of ether oxygens (including phenoxy) is 1. The first-order valence-corrected chi connectivity index (χ1v) is 12.7. The van der Waals surface area contributed by atoms with Crippen LogP contribution in [0.3, 0.4) is 0 Å². The van der Waals surface area contributed by atoms with Crippen LogP contribution in [0, 0.1) is 0 Å². The summed E-state index contributed by atoms with van der Waals surface area (Å²) >= 11 is 3.61. The number of rotatable bonds is 8. The van der Waals surface area contributed by atoms with Gasteiger partial charge in [-0.15, -0.1) is 0 Å². The first-order chi connectivity index (χ1) is 15.3. The van der Waals surface area contributed by atoms with Gasteiger partial charge in [0.05, 0.1) is 17.1 Å². The molecule has 1 unspecified atom stereocenters. The molecule has 5 heteroatoms. The van der Waals surface area contributed by atoms with Crippen molar-refractivity contribution in [3.05, 3.63) is 63.1 Å². The predicted octanol–water partition coefficient (Wildman–Crippen LogP) is 6.84. The average Bonchev–Trinajstić information content (AvgIpc) is 2.77. The van der Waals surface area contributed by atoms with Gasteiger partial charge in [0.25, 0.3) is 0 Å². The number of hydrogen-bond acceptors (Lipinski definition) is 2. The van der Waals surface area contributed by atoms with E-state index < -0.39 is 0 Å². The highest BCUT2D eigenvalue weighted by Crippen LogP contribution is 2.31. The molecular formula is C27H37BrN2O2. The fourth-order valence-corrected chi connectivity index (χ4v) is 4.63. The van der Waals surface area contributed by atoms with Gasteiger partial charge < -0.3 is 15.4 Å². The Morgan fingerprint density at radius 1 is 1.09 bits per heavy atom. The molecule has 0 bridgehead atoms. The van der Waals surface area contributed by atoms with Crippen LogP contribution in [0.5, 0.6) is 5.75 Å². The lowest BCUT2D eigenvalue weighted by Gasteiger charge is -2.22. The maximum Gasteiger partial charge on any atom is 0.315 e. The molecule has 3 rings (SSSR count). The average molecular weight is 502 g/mol. The fourth-order valence-electron chi connectivity index (χ4n) is 4.14. The number of carbonyl (C=O) groups excluding carboxylic acids is 1. The van der Waals surface area contributed by atoms with Crippen molar-refractivity contribution < 1.29 is 9.53 Å². The van der Waals surface area contributed by atoms with Crippen LogP contribution >= 0.6 is 15.9 Å².